The lowest BCUT2D eigenvalue weighted by molar-refractivity contribution is -0.192. The molecule has 2 rings (SSSR count). The van der Waals surface area contributed by atoms with Gasteiger partial charge in [0.1, 0.15) is 0 Å². The molecule has 1 saturated carbocycles. The van der Waals surface area contributed by atoms with E-state index >= 15 is 0 Å². The minimum absolute atomic E-state index is 0.00947. The fourth-order valence-electron chi connectivity index (χ4n) is 2.66. The van der Waals surface area contributed by atoms with Crippen molar-refractivity contribution in [2.45, 2.75) is 43.9 Å². The summed E-state index contributed by atoms with van der Waals surface area (Å²) >= 11 is 6.02. The summed E-state index contributed by atoms with van der Waals surface area (Å²) in [7, 11) is 0. The molecular formula is C14H16ClF3O. The Kier molecular flexibility index (Phi) is 4.11. The van der Waals surface area contributed by atoms with Crippen molar-refractivity contribution in [2.75, 3.05) is 0 Å². The molecule has 1 N–H and O–H groups in total. The van der Waals surface area contributed by atoms with Crippen molar-refractivity contribution < 1.29 is 18.3 Å². The van der Waals surface area contributed by atoms with E-state index in [1.165, 1.54) is 0 Å². The summed E-state index contributed by atoms with van der Waals surface area (Å²) in [5, 5.41) is 11.0. The third-order valence-corrected chi connectivity index (χ3v) is 4.23. The van der Waals surface area contributed by atoms with Crippen LogP contribution in [0, 0.1) is 5.92 Å². The number of aliphatic hydroxyl groups is 1. The summed E-state index contributed by atoms with van der Waals surface area (Å²) in [6.07, 6.45) is -3.51. The van der Waals surface area contributed by atoms with Gasteiger partial charge in [0.15, 0.2) is 0 Å². The minimum Gasteiger partial charge on any atom is -0.390 e. The second-order valence-electron chi connectivity index (χ2n) is 5.31. The van der Waals surface area contributed by atoms with Crippen LogP contribution < -0.4 is 0 Å². The molecule has 0 atom stereocenters. The van der Waals surface area contributed by atoms with E-state index in [1.54, 1.807) is 18.2 Å². The number of hydrogen-bond donors (Lipinski definition) is 1. The van der Waals surface area contributed by atoms with Gasteiger partial charge in [-0.25, -0.2) is 0 Å². The molecule has 1 aliphatic rings. The zero-order chi connectivity index (χ0) is 14.1. The Morgan fingerprint density at radius 2 is 1.79 bits per heavy atom. The largest absolute Gasteiger partial charge is 0.391 e. The third kappa shape index (κ3) is 3.63. The van der Waals surface area contributed by atoms with Crippen molar-refractivity contribution in [2.24, 2.45) is 5.92 Å². The standard InChI is InChI=1S/C14H16ClF3O/c15-12-4-2-1-3-10(12)9-13(19)7-5-11(6-8-13)14(16,17)18/h1-4,11,19H,5-9H2. The van der Waals surface area contributed by atoms with Crippen LogP contribution in [-0.2, 0) is 6.42 Å². The van der Waals surface area contributed by atoms with Gasteiger partial charge in [-0.2, -0.15) is 13.2 Å². The molecule has 19 heavy (non-hydrogen) atoms. The van der Waals surface area contributed by atoms with Crippen LogP contribution in [0.3, 0.4) is 0 Å². The molecule has 0 aromatic heterocycles. The highest BCUT2D eigenvalue weighted by atomic mass is 35.5. The molecule has 1 aliphatic carbocycles. The van der Waals surface area contributed by atoms with Gasteiger partial charge in [-0.15, -0.1) is 0 Å². The van der Waals surface area contributed by atoms with Gasteiger partial charge in [0.2, 0.25) is 0 Å². The number of rotatable bonds is 2. The Morgan fingerprint density at radius 1 is 1.21 bits per heavy atom. The average molecular weight is 293 g/mol. The molecule has 5 heteroatoms. The van der Waals surface area contributed by atoms with Crippen molar-refractivity contribution in [3.05, 3.63) is 34.9 Å². The lowest BCUT2D eigenvalue weighted by Gasteiger charge is -2.37. The maximum Gasteiger partial charge on any atom is 0.391 e. The molecule has 0 bridgehead atoms. The summed E-state index contributed by atoms with van der Waals surface area (Å²) in [4.78, 5) is 0. The minimum atomic E-state index is -4.15. The van der Waals surface area contributed by atoms with E-state index in [2.05, 4.69) is 0 Å². The molecule has 0 radical (unpaired) electrons. The topological polar surface area (TPSA) is 20.2 Å². The summed E-state index contributed by atoms with van der Waals surface area (Å²) in [5.41, 5.74) is -0.274. The molecule has 0 amide bonds. The zero-order valence-corrected chi connectivity index (χ0v) is 11.1. The van der Waals surface area contributed by atoms with Gasteiger partial charge in [0, 0.05) is 11.4 Å². The van der Waals surface area contributed by atoms with Gasteiger partial charge in [-0.3, -0.25) is 0 Å². The van der Waals surface area contributed by atoms with Gasteiger partial charge < -0.3 is 5.11 Å². The van der Waals surface area contributed by atoms with Crippen LogP contribution in [0.15, 0.2) is 24.3 Å². The second kappa shape index (κ2) is 5.33. The van der Waals surface area contributed by atoms with Gasteiger partial charge in [-0.1, -0.05) is 29.8 Å². The predicted molar refractivity (Wildman–Crippen MR) is 68.1 cm³/mol. The van der Waals surface area contributed by atoms with E-state index in [0.717, 1.165) is 5.56 Å². The molecule has 0 aliphatic heterocycles. The monoisotopic (exact) mass is 292 g/mol. The molecule has 1 nitrogen and oxygen atoms in total. The Labute approximate surface area is 115 Å². The third-order valence-electron chi connectivity index (χ3n) is 3.86. The maximum absolute atomic E-state index is 12.6. The first-order valence-corrected chi connectivity index (χ1v) is 6.70. The number of halogens is 4. The SMILES string of the molecule is OC1(Cc2ccccc2Cl)CCC(C(F)(F)F)CC1. The Bertz CT molecular complexity index is 437. The lowest BCUT2D eigenvalue weighted by Crippen LogP contribution is -2.39. The van der Waals surface area contributed by atoms with Crippen LogP contribution >= 0.6 is 11.6 Å². The smallest absolute Gasteiger partial charge is 0.390 e. The van der Waals surface area contributed by atoms with Crippen LogP contribution in [0.2, 0.25) is 5.02 Å². The first-order valence-electron chi connectivity index (χ1n) is 6.33. The van der Waals surface area contributed by atoms with Crippen molar-refractivity contribution in [3.8, 4) is 0 Å². The summed E-state index contributed by atoms with van der Waals surface area (Å²) in [6, 6.07) is 7.13. The fraction of sp³-hybridized carbons (Fsp3) is 0.571. The van der Waals surface area contributed by atoms with Crippen LogP contribution in [-0.4, -0.2) is 16.9 Å². The van der Waals surface area contributed by atoms with E-state index < -0.39 is 17.7 Å². The summed E-state index contributed by atoms with van der Waals surface area (Å²) in [6.45, 7) is 0. The van der Waals surface area contributed by atoms with Gasteiger partial charge >= 0.3 is 6.18 Å². The molecule has 1 fully saturated rings. The molecule has 1 aromatic rings. The zero-order valence-electron chi connectivity index (χ0n) is 10.4. The quantitative estimate of drug-likeness (QED) is 0.858. The van der Waals surface area contributed by atoms with Gasteiger partial charge in [0.25, 0.3) is 0 Å². The highest BCUT2D eigenvalue weighted by Gasteiger charge is 2.45. The van der Waals surface area contributed by atoms with Crippen molar-refractivity contribution in [1.82, 2.24) is 0 Å². The van der Waals surface area contributed by atoms with E-state index in [-0.39, 0.29) is 25.7 Å². The number of hydrogen-bond acceptors (Lipinski definition) is 1. The number of benzene rings is 1. The van der Waals surface area contributed by atoms with Gasteiger partial charge in [0.05, 0.1) is 11.5 Å². The first kappa shape index (κ1) is 14.7. The summed E-state index contributed by atoms with van der Waals surface area (Å²) < 4.78 is 37.7. The van der Waals surface area contributed by atoms with E-state index in [9.17, 15) is 18.3 Å². The molecular weight excluding hydrogens is 277 g/mol. The van der Waals surface area contributed by atoms with Crippen LogP contribution in [0.1, 0.15) is 31.2 Å². The van der Waals surface area contributed by atoms with Gasteiger partial charge in [-0.05, 0) is 37.3 Å². The molecule has 0 heterocycles. The number of alkyl halides is 3. The molecule has 1 aromatic carbocycles. The van der Waals surface area contributed by atoms with E-state index in [4.69, 9.17) is 11.6 Å². The average Bonchev–Trinajstić information content (AvgIpc) is 2.31. The van der Waals surface area contributed by atoms with Crippen molar-refractivity contribution >= 4 is 11.6 Å². The molecule has 0 unspecified atom stereocenters. The van der Waals surface area contributed by atoms with Crippen LogP contribution in [0.5, 0.6) is 0 Å². The second-order valence-corrected chi connectivity index (χ2v) is 5.72. The van der Waals surface area contributed by atoms with Crippen molar-refractivity contribution in [3.63, 3.8) is 0 Å². The lowest BCUT2D eigenvalue weighted by atomic mass is 9.75. The highest BCUT2D eigenvalue weighted by molar-refractivity contribution is 6.31. The van der Waals surface area contributed by atoms with Crippen molar-refractivity contribution in [1.29, 1.82) is 0 Å². The molecule has 0 saturated heterocycles. The predicted octanol–water partition coefficient (Wildman–Crippen LogP) is 4.37. The Hall–Kier alpha value is -0.740. The van der Waals surface area contributed by atoms with E-state index in [1.807, 2.05) is 6.07 Å². The maximum atomic E-state index is 12.6. The Balaban J connectivity index is 2.01. The molecule has 106 valence electrons. The normalized spacial score (nSPS) is 28.4. The van der Waals surface area contributed by atoms with Crippen LogP contribution in [0.4, 0.5) is 13.2 Å². The fourth-order valence-corrected chi connectivity index (χ4v) is 2.86. The highest BCUT2D eigenvalue weighted by Crippen LogP contribution is 2.42. The van der Waals surface area contributed by atoms with Crippen LogP contribution in [0.25, 0.3) is 0 Å². The Morgan fingerprint density at radius 3 is 2.32 bits per heavy atom. The van der Waals surface area contributed by atoms with E-state index in [0.29, 0.717) is 11.4 Å². The molecule has 0 spiro atoms. The first-order chi connectivity index (χ1) is 8.80. The summed E-state index contributed by atoms with van der Waals surface area (Å²) in [5.74, 6) is -1.28.